The molecule has 1 aliphatic carbocycles. The molecule has 0 spiro atoms. The predicted octanol–water partition coefficient (Wildman–Crippen LogP) is 1.28. The van der Waals surface area contributed by atoms with Crippen LogP contribution in [0.1, 0.15) is 37.8 Å². The normalized spacial score (nSPS) is 18.1. The molecule has 4 nitrogen and oxygen atoms in total. The first-order valence-corrected chi connectivity index (χ1v) is 5.86. The molecule has 0 saturated heterocycles. The molecular formula is C11H20N4. The Morgan fingerprint density at radius 2 is 2.20 bits per heavy atom. The van der Waals surface area contributed by atoms with Crippen molar-refractivity contribution in [1.82, 2.24) is 14.8 Å². The third-order valence-electron chi connectivity index (χ3n) is 3.11. The van der Waals surface area contributed by atoms with E-state index in [9.17, 15) is 0 Å². The van der Waals surface area contributed by atoms with Gasteiger partial charge < -0.3 is 10.3 Å². The van der Waals surface area contributed by atoms with Gasteiger partial charge >= 0.3 is 0 Å². The van der Waals surface area contributed by atoms with Gasteiger partial charge in [0.2, 0.25) is 0 Å². The number of aromatic nitrogens is 3. The lowest BCUT2D eigenvalue weighted by Crippen LogP contribution is -2.27. The van der Waals surface area contributed by atoms with Crippen molar-refractivity contribution in [3.05, 3.63) is 11.6 Å². The fourth-order valence-corrected chi connectivity index (χ4v) is 1.99. The Morgan fingerprint density at radius 3 is 2.80 bits per heavy atom. The van der Waals surface area contributed by atoms with Gasteiger partial charge in [-0.2, -0.15) is 0 Å². The van der Waals surface area contributed by atoms with E-state index in [4.69, 9.17) is 5.73 Å². The van der Waals surface area contributed by atoms with Crippen LogP contribution >= 0.6 is 0 Å². The van der Waals surface area contributed by atoms with Crippen LogP contribution in [0.5, 0.6) is 0 Å². The molecule has 1 unspecified atom stereocenters. The second-order valence-electron chi connectivity index (χ2n) is 4.52. The van der Waals surface area contributed by atoms with Gasteiger partial charge in [0.15, 0.2) is 0 Å². The average molecular weight is 208 g/mol. The van der Waals surface area contributed by atoms with Crippen molar-refractivity contribution in [3.63, 3.8) is 0 Å². The molecule has 1 aromatic rings. The highest BCUT2D eigenvalue weighted by atomic mass is 15.3. The smallest absolute Gasteiger partial charge is 0.134 e. The van der Waals surface area contributed by atoms with Crippen LogP contribution in [0.3, 0.4) is 0 Å². The van der Waals surface area contributed by atoms with Crippen molar-refractivity contribution in [2.45, 2.75) is 52.1 Å². The van der Waals surface area contributed by atoms with E-state index >= 15 is 0 Å². The molecule has 84 valence electrons. The number of hydrogen-bond donors (Lipinski definition) is 1. The van der Waals surface area contributed by atoms with Crippen molar-refractivity contribution in [2.24, 2.45) is 11.7 Å². The Balaban J connectivity index is 2.05. The SMILES string of the molecule is CCCn1c(C)nnc1CC(N)C1CC1. The van der Waals surface area contributed by atoms with Gasteiger partial charge in [-0.1, -0.05) is 6.92 Å². The van der Waals surface area contributed by atoms with E-state index in [2.05, 4.69) is 21.7 Å². The largest absolute Gasteiger partial charge is 0.327 e. The molecule has 15 heavy (non-hydrogen) atoms. The van der Waals surface area contributed by atoms with Crippen LogP contribution in [0.4, 0.5) is 0 Å². The molecule has 4 heteroatoms. The van der Waals surface area contributed by atoms with E-state index in [0.717, 1.165) is 37.0 Å². The standard InChI is InChI=1S/C11H20N4/c1-3-6-15-8(2)13-14-11(15)7-10(12)9-4-5-9/h9-10H,3-7,12H2,1-2H3. The third-order valence-corrected chi connectivity index (χ3v) is 3.11. The minimum Gasteiger partial charge on any atom is -0.327 e. The predicted molar refractivity (Wildman–Crippen MR) is 59.5 cm³/mol. The summed E-state index contributed by atoms with van der Waals surface area (Å²) in [5, 5.41) is 8.34. The summed E-state index contributed by atoms with van der Waals surface area (Å²) in [4.78, 5) is 0. The summed E-state index contributed by atoms with van der Waals surface area (Å²) in [6, 6.07) is 0.282. The van der Waals surface area contributed by atoms with Gasteiger partial charge in [-0.05, 0) is 32.1 Å². The number of hydrogen-bond acceptors (Lipinski definition) is 3. The molecule has 0 amide bonds. The summed E-state index contributed by atoms with van der Waals surface area (Å²) in [6.45, 7) is 5.18. The minimum atomic E-state index is 0.282. The summed E-state index contributed by atoms with van der Waals surface area (Å²) in [5.41, 5.74) is 6.10. The number of aryl methyl sites for hydroxylation is 1. The quantitative estimate of drug-likeness (QED) is 0.793. The second-order valence-corrected chi connectivity index (χ2v) is 4.52. The van der Waals surface area contributed by atoms with Crippen molar-refractivity contribution < 1.29 is 0 Å². The Kier molecular flexibility index (Phi) is 3.05. The Bertz CT molecular complexity index is 327. The highest BCUT2D eigenvalue weighted by molar-refractivity contribution is 4.99. The maximum Gasteiger partial charge on any atom is 0.134 e. The minimum absolute atomic E-state index is 0.282. The molecule has 1 fully saturated rings. The highest BCUT2D eigenvalue weighted by Gasteiger charge is 2.29. The third kappa shape index (κ3) is 2.37. The lowest BCUT2D eigenvalue weighted by molar-refractivity contribution is 0.540. The molecule has 1 heterocycles. The highest BCUT2D eigenvalue weighted by Crippen LogP contribution is 2.32. The van der Waals surface area contributed by atoms with Crippen LogP contribution in [0.2, 0.25) is 0 Å². The number of rotatable bonds is 5. The summed E-state index contributed by atoms with van der Waals surface area (Å²) in [7, 11) is 0. The van der Waals surface area contributed by atoms with E-state index in [1.807, 2.05) is 6.92 Å². The Labute approximate surface area is 90.9 Å². The molecule has 1 atom stereocenters. The number of nitrogens with two attached hydrogens (primary N) is 1. The molecular weight excluding hydrogens is 188 g/mol. The molecule has 0 aromatic carbocycles. The lowest BCUT2D eigenvalue weighted by atomic mass is 10.1. The summed E-state index contributed by atoms with van der Waals surface area (Å²) in [5.74, 6) is 2.81. The fraction of sp³-hybridized carbons (Fsp3) is 0.818. The van der Waals surface area contributed by atoms with Crippen LogP contribution < -0.4 is 5.73 Å². The van der Waals surface area contributed by atoms with Gasteiger partial charge in [-0.15, -0.1) is 10.2 Å². The zero-order valence-electron chi connectivity index (χ0n) is 9.61. The van der Waals surface area contributed by atoms with E-state index < -0.39 is 0 Å². The molecule has 1 aromatic heterocycles. The zero-order chi connectivity index (χ0) is 10.8. The Hall–Kier alpha value is -0.900. The summed E-state index contributed by atoms with van der Waals surface area (Å²) < 4.78 is 2.20. The molecule has 1 saturated carbocycles. The second kappa shape index (κ2) is 4.31. The van der Waals surface area contributed by atoms with E-state index in [1.54, 1.807) is 0 Å². The average Bonchev–Trinajstić information content (AvgIpc) is 3.00. The van der Waals surface area contributed by atoms with Crippen molar-refractivity contribution in [1.29, 1.82) is 0 Å². The first-order valence-electron chi connectivity index (χ1n) is 5.86. The van der Waals surface area contributed by atoms with Crippen LogP contribution in [0.15, 0.2) is 0 Å². The summed E-state index contributed by atoms with van der Waals surface area (Å²) in [6.07, 6.45) is 4.58. The maximum absolute atomic E-state index is 6.10. The van der Waals surface area contributed by atoms with Gasteiger partial charge in [0.25, 0.3) is 0 Å². The van der Waals surface area contributed by atoms with Crippen molar-refractivity contribution >= 4 is 0 Å². The zero-order valence-corrected chi connectivity index (χ0v) is 9.61. The van der Waals surface area contributed by atoms with E-state index in [1.165, 1.54) is 12.8 Å². The maximum atomic E-state index is 6.10. The van der Waals surface area contributed by atoms with Crippen LogP contribution in [0, 0.1) is 12.8 Å². The number of nitrogens with zero attached hydrogens (tertiary/aromatic N) is 3. The molecule has 0 bridgehead atoms. The summed E-state index contributed by atoms with van der Waals surface area (Å²) >= 11 is 0. The van der Waals surface area contributed by atoms with Gasteiger partial charge in [-0.3, -0.25) is 0 Å². The van der Waals surface area contributed by atoms with E-state index in [-0.39, 0.29) is 6.04 Å². The first-order chi connectivity index (χ1) is 7.22. The molecule has 2 rings (SSSR count). The van der Waals surface area contributed by atoms with Gasteiger partial charge in [0.05, 0.1) is 0 Å². The molecule has 0 aliphatic heterocycles. The molecule has 0 radical (unpaired) electrons. The van der Waals surface area contributed by atoms with Gasteiger partial charge in [0, 0.05) is 19.0 Å². The van der Waals surface area contributed by atoms with Crippen molar-refractivity contribution in [2.75, 3.05) is 0 Å². The van der Waals surface area contributed by atoms with Gasteiger partial charge in [0.1, 0.15) is 11.6 Å². The first kappa shape index (κ1) is 10.6. The molecule has 1 aliphatic rings. The van der Waals surface area contributed by atoms with E-state index in [0.29, 0.717) is 0 Å². The topological polar surface area (TPSA) is 56.7 Å². The van der Waals surface area contributed by atoms with Crippen LogP contribution in [-0.4, -0.2) is 20.8 Å². The van der Waals surface area contributed by atoms with Crippen molar-refractivity contribution in [3.8, 4) is 0 Å². The van der Waals surface area contributed by atoms with Gasteiger partial charge in [-0.25, -0.2) is 0 Å². The monoisotopic (exact) mass is 208 g/mol. The Morgan fingerprint density at radius 1 is 1.47 bits per heavy atom. The van der Waals surface area contributed by atoms with Crippen LogP contribution in [-0.2, 0) is 13.0 Å². The lowest BCUT2D eigenvalue weighted by Gasteiger charge is -2.11. The fourth-order valence-electron chi connectivity index (χ4n) is 1.99. The molecule has 2 N–H and O–H groups in total. The van der Waals surface area contributed by atoms with Crippen LogP contribution in [0.25, 0.3) is 0 Å².